The van der Waals surface area contributed by atoms with Gasteiger partial charge in [-0.1, -0.05) is 17.7 Å². The van der Waals surface area contributed by atoms with E-state index in [0.717, 1.165) is 6.42 Å². The number of hydrogen-bond donors (Lipinski definition) is 0. The zero-order chi connectivity index (χ0) is 13.0. The Morgan fingerprint density at radius 1 is 1.56 bits per heavy atom. The van der Waals surface area contributed by atoms with Crippen molar-refractivity contribution in [3.05, 3.63) is 29.6 Å². The van der Waals surface area contributed by atoms with Crippen LogP contribution in [0.25, 0.3) is 0 Å². The third kappa shape index (κ3) is 3.20. The Bertz CT molecular complexity index is 447. The molecule has 0 unspecified atom stereocenters. The highest BCUT2D eigenvalue weighted by atomic mass is 35.5. The van der Waals surface area contributed by atoms with E-state index in [4.69, 9.17) is 16.3 Å². The van der Waals surface area contributed by atoms with Gasteiger partial charge in [-0.15, -0.1) is 0 Å². The highest BCUT2D eigenvalue weighted by Gasteiger charge is 2.26. The number of amides is 1. The van der Waals surface area contributed by atoms with Crippen LogP contribution < -0.4 is 4.74 Å². The Hall–Kier alpha value is -1.62. The average Bonchev–Trinajstić information content (AvgIpc) is 2.81. The van der Waals surface area contributed by atoms with Gasteiger partial charge >= 0.3 is 6.01 Å². The van der Waals surface area contributed by atoms with E-state index in [2.05, 4.69) is 9.97 Å². The maximum absolute atomic E-state index is 11.6. The number of carbonyl (C=O) groups excluding carboxylic acids is 1. The molecule has 0 saturated carbocycles. The summed E-state index contributed by atoms with van der Waals surface area (Å²) < 4.78 is 5.59. The molecule has 1 fully saturated rings. The van der Waals surface area contributed by atoms with E-state index in [-0.39, 0.29) is 12.0 Å². The molecule has 0 spiro atoms. The second kappa shape index (κ2) is 5.82. The number of likely N-dealkylation sites (tertiary alicyclic amines) is 1. The zero-order valence-corrected chi connectivity index (χ0v) is 10.8. The molecule has 2 rings (SSSR count). The van der Waals surface area contributed by atoms with Gasteiger partial charge in [-0.05, 0) is 13.0 Å². The average molecular weight is 268 g/mol. The molecule has 1 atom stereocenters. The summed E-state index contributed by atoms with van der Waals surface area (Å²) in [6.07, 6.45) is 7.00. The van der Waals surface area contributed by atoms with Crippen LogP contribution in [0.5, 0.6) is 6.01 Å². The summed E-state index contributed by atoms with van der Waals surface area (Å²) in [4.78, 5) is 21.3. The highest BCUT2D eigenvalue weighted by molar-refractivity contribution is 6.30. The predicted molar refractivity (Wildman–Crippen MR) is 67.5 cm³/mol. The number of rotatable bonds is 3. The summed E-state index contributed by atoms with van der Waals surface area (Å²) >= 11 is 5.69. The van der Waals surface area contributed by atoms with Gasteiger partial charge in [0.05, 0.1) is 24.0 Å². The fourth-order valence-electron chi connectivity index (χ4n) is 1.78. The fraction of sp³-hybridized carbons (Fsp3) is 0.417. The van der Waals surface area contributed by atoms with Crippen LogP contribution in [0.3, 0.4) is 0 Å². The van der Waals surface area contributed by atoms with Crippen LogP contribution in [0.1, 0.15) is 13.3 Å². The Morgan fingerprint density at radius 3 is 2.94 bits per heavy atom. The molecule has 0 radical (unpaired) electrons. The second-order valence-corrected chi connectivity index (χ2v) is 4.43. The SMILES string of the molecule is C/C=C/C(=O)N1CC[C@@H](Oc2ncc(Cl)cn2)C1. The molecule has 5 nitrogen and oxygen atoms in total. The molecule has 18 heavy (non-hydrogen) atoms. The molecule has 1 saturated heterocycles. The van der Waals surface area contributed by atoms with Crippen molar-refractivity contribution in [3.8, 4) is 6.01 Å². The monoisotopic (exact) mass is 267 g/mol. The second-order valence-electron chi connectivity index (χ2n) is 4.00. The summed E-state index contributed by atoms with van der Waals surface area (Å²) in [6.45, 7) is 3.08. The number of halogens is 1. The first-order chi connectivity index (χ1) is 8.69. The molecule has 1 amide bonds. The number of carbonyl (C=O) groups is 1. The molecule has 0 aromatic carbocycles. The lowest BCUT2D eigenvalue weighted by Gasteiger charge is -2.14. The smallest absolute Gasteiger partial charge is 0.316 e. The maximum Gasteiger partial charge on any atom is 0.316 e. The van der Waals surface area contributed by atoms with Gasteiger partial charge in [0.1, 0.15) is 6.10 Å². The Kier molecular flexibility index (Phi) is 4.15. The zero-order valence-electron chi connectivity index (χ0n) is 10.0. The van der Waals surface area contributed by atoms with E-state index in [1.54, 1.807) is 17.1 Å². The first-order valence-corrected chi connectivity index (χ1v) is 6.12. The normalized spacial score (nSPS) is 19.4. The molecule has 1 aliphatic rings. The van der Waals surface area contributed by atoms with Crippen molar-refractivity contribution in [2.75, 3.05) is 13.1 Å². The summed E-state index contributed by atoms with van der Waals surface area (Å²) in [5, 5.41) is 0.471. The summed E-state index contributed by atoms with van der Waals surface area (Å²) in [5.74, 6) is 0.0145. The van der Waals surface area contributed by atoms with E-state index in [1.165, 1.54) is 12.4 Å². The van der Waals surface area contributed by atoms with Gasteiger partial charge in [0.25, 0.3) is 0 Å². The topological polar surface area (TPSA) is 55.3 Å². The lowest BCUT2D eigenvalue weighted by Crippen LogP contribution is -2.29. The van der Waals surface area contributed by atoms with Gasteiger partial charge in [-0.2, -0.15) is 0 Å². The molecule has 1 aromatic heterocycles. The molecule has 0 aliphatic carbocycles. The molecule has 1 aliphatic heterocycles. The van der Waals surface area contributed by atoms with Crippen LogP contribution in [0.15, 0.2) is 24.5 Å². The van der Waals surface area contributed by atoms with Crippen LogP contribution in [-0.4, -0.2) is 40.0 Å². The summed E-state index contributed by atoms with van der Waals surface area (Å²) in [6, 6.07) is 0.296. The highest BCUT2D eigenvalue weighted by Crippen LogP contribution is 2.16. The Labute approximate surface area is 110 Å². The summed E-state index contributed by atoms with van der Waals surface area (Å²) in [7, 11) is 0. The fourth-order valence-corrected chi connectivity index (χ4v) is 1.88. The number of nitrogens with zero attached hydrogens (tertiary/aromatic N) is 3. The van der Waals surface area contributed by atoms with E-state index in [0.29, 0.717) is 24.1 Å². The van der Waals surface area contributed by atoms with Crippen molar-refractivity contribution in [2.24, 2.45) is 0 Å². The van der Waals surface area contributed by atoms with Crippen LogP contribution in [0.4, 0.5) is 0 Å². The number of hydrogen-bond acceptors (Lipinski definition) is 4. The largest absolute Gasteiger partial charge is 0.458 e. The van der Waals surface area contributed by atoms with Crippen LogP contribution in [-0.2, 0) is 4.79 Å². The van der Waals surface area contributed by atoms with Gasteiger partial charge < -0.3 is 9.64 Å². The lowest BCUT2D eigenvalue weighted by atomic mass is 10.3. The predicted octanol–water partition coefficient (Wildman–Crippen LogP) is 1.69. The van der Waals surface area contributed by atoms with Crippen LogP contribution >= 0.6 is 11.6 Å². The van der Waals surface area contributed by atoms with E-state index in [9.17, 15) is 4.79 Å². The van der Waals surface area contributed by atoms with Gasteiger partial charge in [-0.3, -0.25) is 4.79 Å². The van der Waals surface area contributed by atoms with E-state index >= 15 is 0 Å². The first-order valence-electron chi connectivity index (χ1n) is 5.75. The quantitative estimate of drug-likeness (QED) is 0.782. The number of allylic oxidation sites excluding steroid dienone is 1. The van der Waals surface area contributed by atoms with Crippen molar-refractivity contribution >= 4 is 17.5 Å². The van der Waals surface area contributed by atoms with Crippen molar-refractivity contribution in [3.63, 3.8) is 0 Å². The molecule has 6 heteroatoms. The molecule has 2 heterocycles. The van der Waals surface area contributed by atoms with Crippen molar-refractivity contribution in [2.45, 2.75) is 19.4 Å². The van der Waals surface area contributed by atoms with Crippen molar-refractivity contribution in [1.29, 1.82) is 0 Å². The van der Waals surface area contributed by atoms with Gasteiger partial charge in [0.2, 0.25) is 5.91 Å². The van der Waals surface area contributed by atoms with Gasteiger partial charge in [-0.25, -0.2) is 9.97 Å². The van der Waals surface area contributed by atoms with Gasteiger partial charge in [0.15, 0.2) is 0 Å². The van der Waals surface area contributed by atoms with Crippen molar-refractivity contribution < 1.29 is 9.53 Å². The third-order valence-electron chi connectivity index (χ3n) is 2.63. The minimum absolute atomic E-state index is 0.0145. The Morgan fingerprint density at radius 2 is 2.28 bits per heavy atom. The molecular weight excluding hydrogens is 254 g/mol. The maximum atomic E-state index is 11.6. The molecule has 0 N–H and O–H groups in total. The number of ether oxygens (including phenoxy) is 1. The number of aromatic nitrogens is 2. The lowest BCUT2D eigenvalue weighted by molar-refractivity contribution is -0.125. The van der Waals surface area contributed by atoms with E-state index in [1.807, 2.05) is 6.92 Å². The standard InChI is InChI=1S/C12H14ClN3O2/c1-2-3-11(17)16-5-4-10(8-16)18-12-14-6-9(13)7-15-12/h2-3,6-7,10H,4-5,8H2,1H3/b3-2+/t10-/m1/s1. The van der Waals surface area contributed by atoms with E-state index < -0.39 is 0 Å². The minimum atomic E-state index is -0.0552. The minimum Gasteiger partial charge on any atom is -0.458 e. The first kappa shape index (κ1) is 12.8. The summed E-state index contributed by atoms with van der Waals surface area (Å²) in [5.41, 5.74) is 0. The van der Waals surface area contributed by atoms with Crippen LogP contribution in [0.2, 0.25) is 5.02 Å². The van der Waals surface area contributed by atoms with Crippen LogP contribution in [0, 0.1) is 0 Å². The molecule has 1 aromatic rings. The third-order valence-corrected chi connectivity index (χ3v) is 2.83. The molecule has 96 valence electrons. The van der Waals surface area contributed by atoms with Crippen molar-refractivity contribution in [1.82, 2.24) is 14.9 Å². The van der Waals surface area contributed by atoms with Gasteiger partial charge in [0, 0.05) is 13.0 Å². The molecule has 0 bridgehead atoms. The Balaban J connectivity index is 1.89. The molecular formula is C12H14ClN3O2.